The lowest BCUT2D eigenvalue weighted by molar-refractivity contribution is -0.151. The van der Waals surface area contributed by atoms with E-state index in [1.165, 1.54) is 14.2 Å². The van der Waals surface area contributed by atoms with E-state index in [2.05, 4.69) is 9.97 Å². The first-order chi connectivity index (χ1) is 14.5. The number of para-hydroxylation sites is 2. The molecule has 0 fully saturated rings. The largest absolute Gasteiger partial charge is 0.468 e. The van der Waals surface area contributed by atoms with Crippen molar-refractivity contribution in [1.29, 1.82) is 0 Å². The molecule has 0 amide bonds. The summed E-state index contributed by atoms with van der Waals surface area (Å²) in [5.41, 5.74) is 4.91. The van der Waals surface area contributed by atoms with Crippen molar-refractivity contribution >= 4 is 33.7 Å². The third-order valence-corrected chi connectivity index (χ3v) is 5.87. The summed E-state index contributed by atoms with van der Waals surface area (Å²) in [5, 5.41) is 2.00. The number of carbonyl (C=O) groups is 2. The number of H-pyrrole nitrogens is 2. The topological polar surface area (TPSA) is 84.2 Å². The number of hydrogen-bond acceptors (Lipinski definition) is 4. The number of ether oxygens (including phenoxy) is 2. The molecule has 4 aromatic rings. The maximum absolute atomic E-state index is 13.0. The molecule has 2 unspecified atom stereocenters. The number of hydrogen-bond donors (Lipinski definition) is 2. The van der Waals surface area contributed by atoms with Crippen LogP contribution in [0.15, 0.2) is 48.5 Å². The molecule has 0 saturated carbocycles. The molecule has 0 spiro atoms. The average Bonchev–Trinajstić information content (AvgIpc) is 3.28. The average molecular weight is 404 g/mol. The first kappa shape index (κ1) is 19.8. The second-order valence-electron chi connectivity index (χ2n) is 7.42. The molecule has 0 saturated heterocycles. The van der Waals surface area contributed by atoms with Gasteiger partial charge < -0.3 is 19.4 Å². The number of esters is 2. The van der Waals surface area contributed by atoms with Crippen LogP contribution in [-0.2, 0) is 19.1 Å². The predicted octanol–water partition coefficient (Wildman–Crippen LogP) is 4.48. The van der Waals surface area contributed by atoms with E-state index >= 15 is 0 Å². The maximum Gasteiger partial charge on any atom is 0.315 e. The van der Waals surface area contributed by atoms with Gasteiger partial charge in [-0.1, -0.05) is 36.4 Å². The number of aromatic amines is 2. The van der Waals surface area contributed by atoms with Crippen molar-refractivity contribution in [1.82, 2.24) is 9.97 Å². The highest BCUT2D eigenvalue weighted by Crippen LogP contribution is 2.40. The van der Waals surface area contributed by atoms with Crippen LogP contribution in [0.1, 0.15) is 34.4 Å². The van der Waals surface area contributed by atoms with Crippen molar-refractivity contribution in [2.24, 2.45) is 0 Å². The molecule has 6 heteroatoms. The van der Waals surface area contributed by atoms with Crippen molar-refractivity contribution in [2.45, 2.75) is 25.7 Å². The SMILES string of the molecule is COC(=O)C(c1[nH]c2ccccc2c1C)C(C(=O)OC)c1[nH]c2ccccc2c1C. The molecule has 0 radical (unpaired) electrons. The Morgan fingerprint density at radius 1 is 0.700 bits per heavy atom. The van der Waals surface area contributed by atoms with Gasteiger partial charge in [-0.15, -0.1) is 0 Å². The highest BCUT2D eigenvalue weighted by Gasteiger charge is 2.42. The standard InChI is InChI=1S/C24H24N2O4/c1-13-15-9-5-7-11-17(15)25-21(13)19(23(27)29-3)20(24(28)30-4)22-14(2)16-10-6-8-12-18(16)26-22/h5-12,19-20,25-26H,1-4H3. The highest BCUT2D eigenvalue weighted by molar-refractivity contribution is 5.95. The predicted molar refractivity (Wildman–Crippen MR) is 116 cm³/mol. The van der Waals surface area contributed by atoms with E-state index < -0.39 is 23.8 Å². The van der Waals surface area contributed by atoms with Gasteiger partial charge in [0.1, 0.15) is 11.8 Å². The van der Waals surface area contributed by atoms with E-state index in [1.54, 1.807) is 0 Å². The number of fused-ring (bicyclic) bond motifs is 2. The van der Waals surface area contributed by atoms with Crippen molar-refractivity contribution in [3.8, 4) is 0 Å². The molecular weight excluding hydrogens is 380 g/mol. The van der Waals surface area contributed by atoms with Gasteiger partial charge in [-0.2, -0.15) is 0 Å². The van der Waals surface area contributed by atoms with Crippen LogP contribution >= 0.6 is 0 Å². The monoisotopic (exact) mass is 404 g/mol. The van der Waals surface area contributed by atoms with Gasteiger partial charge in [-0.3, -0.25) is 9.59 Å². The van der Waals surface area contributed by atoms with Crippen LogP contribution in [0.25, 0.3) is 21.8 Å². The number of carbonyl (C=O) groups excluding carboxylic acids is 2. The number of benzene rings is 2. The molecule has 2 heterocycles. The van der Waals surface area contributed by atoms with Crippen LogP contribution in [0.3, 0.4) is 0 Å². The van der Waals surface area contributed by atoms with Crippen molar-refractivity contribution in [3.05, 3.63) is 71.0 Å². The summed E-state index contributed by atoms with van der Waals surface area (Å²) in [6, 6.07) is 15.6. The summed E-state index contributed by atoms with van der Waals surface area (Å²) in [7, 11) is 2.67. The Balaban J connectivity index is 1.97. The van der Waals surface area contributed by atoms with E-state index in [1.807, 2.05) is 62.4 Å². The Hall–Kier alpha value is -3.54. The third kappa shape index (κ3) is 3.05. The number of methoxy groups -OCH3 is 2. The van der Waals surface area contributed by atoms with Gasteiger partial charge in [-0.25, -0.2) is 0 Å². The van der Waals surface area contributed by atoms with Gasteiger partial charge in [-0.05, 0) is 37.1 Å². The molecule has 2 atom stereocenters. The Labute approximate surface area is 174 Å². The zero-order chi connectivity index (χ0) is 21.4. The minimum Gasteiger partial charge on any atom is -0.468 e. The van der Waals surface area contributed by atoms with Gasteiger partial charge in [0.2, 0.25) is 0 Å². The summed E-state index contributed by atoms with van der Waals surface area (Å²) in [6.45, 7) is 3.88. The lowest BCUT2D eigenvalue weighted by atomic mass is 9.83. The third-order valence-electron chi connectivity index (χ3n) is 5.87. The minimum atomic E-state index is -0.887. The quantitative estimate of drug-likeness (QED) is 0.481. The molecule has 2 N–H and O–H groups in total. The zero-order valence-electron chi connectivity index (χ0n) is 17.4. The van der Waals surface area contributed by atoms with E-state index in [0.717, 1.165) is 32.9 Å². The first-order valence-corrected chi connectivity index (χ1v) is 9.78. The van der Waals surface area contributed by atoms with E-state index in [9.17, 15) is 9.59 Å². The van der Waals surface area contributed by atoms with E-state index in [4.69, 9.17) is 9.47 Å². The molecule has 2 aromatic heterocycles. The summed E-state index contributed by atoms with van der Waals surface area (Å²) in [5.74, 6) is -2.78. The van der Waals surface area contributed by atoms with Crippen LogP contribution in [-0.4, -0.2) is 36.1 Å². The van der Waals surface area contributed by atoms with Gasteiger partial charge in [0.15, 0.2) is 0 Å². The van der Waals surface area contributed by atoms with Crippen LogP contribution in [0.4, 0.5) is 0 Å². The zero-order valence-corrected chi connectivity index (χ0v) is 17.4. The molecule has 0 aliphatic rings. The smallest absolute Gasteiger partial charge is 0.315 e. The number of nitrogens with one attached hydrogen (secondary N) is 2. The van der Waals surface area contributed by atoms with Crippen LogP contribution < -0.4 is 0 Å². The molecular formula is C24H24N2O4. The summed E-state index contributed by atoms with van der Waals surface area (Å²) in [6.07, 6.45) is 0. The molecule has 6 nitrogen and oxygen atoms in total. The number of aromatic nitrogens is 2. The Morgan fingerprint density at radius 2 is 1.07 bits per heavy atom. The maximum atomic E-state index is 13.0. The van der Waals surface area contributed by atoms with E-state index in [0.29, 0.717) is 11.4 Å². The van der Waals surface area contributed by atoms with Gasteiger partial charge >= 0.3 is 11.9 Å². The van der Waals surface area contributed by atoms with Crippen LogP contribution in [0, 0.1) is 13.8 Å². The molecule has 2 aromatic carbocycles. The summed E-state index contributed by atoms with van der Waals surface area (Å²) in [4.78, 5) is 32.8. The van der Waals surface area contributed by atoms with Crippen LogP contribution in [0.2, 0.25) is 0 Å². The molecule has 0 aliphatic carbocycles. The van der Waals surface area contributed by atoms with Gasteiger partial charge in [0.05, 0.1) is 14.2 Å². The van der Waals surface area contributed by atoms with Crippen molar-refractivity contribution in [2.75, 3.05) is 14.2 Å². The summed E-state index contributed by atoms with van der Waals surface area (Å²) < 4.78 is 10.3. The number of rotatable bonds is 5. The molecule has 4 rings (SSSR count). The molecule has 154 valence electrons. The van der Waals surface area contributed by atoms with Gasteiger partial charge in [0, 0.05) is 33.2 Å². The van der Waals surface area contributed by atoms with E-state index in [-0.39, 0.29) is 0 Å². The number of aryl methyl sites for hydroxylation is 2. The highest BCUT2D eigenvalue weighted by atomic mass is 16.5. The lowest BCUT2D eigenvalue weighted by Crippen LogP contribution is -2.30. The van der Waals surface area contributed by atoms with Gasteiger partial charge in [0.25, 0.3) is 0 Å². The Kier molecular flexibility index (Phi) is 5.08. The van der Waals surface area contributed by atoms with Crippen molar-refractivity contribution in [3.63, 3.8) is 0 Å². The Morgan fingerprint density at radius 3 is 1.40 bits per heavy atom. The van der Waals surface area contributed by atoms with Crippen LogP contribution in [0.5, 0.6) is 0 Å². The second-order valence-corrected chi connectivity index (χ2v) is 7.42. The summed E-state index contributed by atoms with van der Waals surface area (Å²) >= 11 is 0. The Bertz CT molecular complexity index is 1150. The molecule has 0 aliphatic heterocycles. The fraction of sp³-hybridized carbons (Fsp3) is 0.250. The minimum absolute atomic E-state index is 0.502. The second kappa shape index (κ2) is 7.71. The molecule has 30 heavy (non-hydrogen) atoms. The van der Waals surface area contributed by atoms with Crippen molar-refractivity contribution < 1.29 is 19.1 Å². The fourth-order valence-electron chi connectivity index (χ4n) is 4.32. The lowest BCUT2D eigenvalue weighted by Gasteiger charge is -2.23. The fourth-order valence-corrected chi connectivity index (χ4v) is 4.32. The normalized spacial score (nSPS) is 13.3. The molecule has 0 bridgehead atoms. The first-order valence-electron chi connectivity index (χ1n) is 9.78.